The fourth-order valence-electron chi connectivity index (χ4n) is 2.30. The van der Waals surface area contributed by atoms with Crippen molar-refractivity contribution in [2.45, 2.75) is 19.8 Å². The van der Waals surface area contributed by atoms with Crippen molar-refractivity contribution < 1.29 is 0 Å². The van der Waals surface area contributed by atoms with E-state index in [4.69, 9.17) is 5.26 Å². The molecule has 0 spiro atoms. The second-order valence-corrected chi connectivity index (χ2v) is 4.91. The molecule has 0 aromatic heterocycles. The van der Waals surface area contributed by atoms with Gasteiger partial charge in [0.05, 0.1) is 11.6 Å². The zero-order valence-electron chi connectivity index (χ0n) is 9.25. The van der Waals surface area contributed by atoms with Gasteiger partial charge in [0.25, 0.3) is 0 Å². The minimum absolute atomic E-state index is 0.314. The van der Waals surface area contributed by atoms with Gasteiger partial charge >= 0.3 is 0 Å². The van der Waals surface area contributed by atoms with E-state index in [9.17, 15) is 0 Å². The quantitative estimate of drug-likeness (QED) is 0.755. The highest BCUT2D eigenvalue weighted by atomic mass is 14.9. The topological polar surface area (TPSA) is 35.8 Å². The smallest absolute Gasteiger partial charge is 0.0991 e. The van der Waals surface area contributed by atoms with Gasteiger partial charge < -0.3 is 5.32 Å². The second kappa shape index (κ2) is 3.67. The van der Waals surface area contributed by atoms with Crippen LogP contribution in [0.15, 0.2) is 24.3 Å². The summed E-state index contributed by atoms with van der Waals surface area (Å²) in [5.41, 5.74) is 2.39. The van der Waals surface area contributed by atoms with Gasteiger partial charge in [-0.25, -0.2) is 0 Å². The van der Waals surface area contributed by atoms with Crippen molar-refractivity contribution in [2.24, 2.45) is 5.41 Å². The zero-order chi connectivity index (χ0) is 10.9. The van der Waals surface area contributed by atoms with Crippen LogP contribution in [0.4, 0.5) is 0 Å². The molecular formula is C13H16N2. The van der Waals surface area contributed by atoms with Crippen molar-refractivity contribution in [3.05, 3.63) is 35.4 Å². The Morgan fingerprint density at radius 2 is 2.00 bits per heavy atom. The summed E-state index contributed by atoms with van der Waals surface area (Å²) in [5.74, 6) is 0.560. The standard InChI is InChI=1S/C13H16N2/c1-13(2)9-15-8-12(13)11-5-3-10(7-14)4-6-11/h3-6,12,15H,8-9H2,1-2H3. The highest BCUT2D eigenvalue weighted by molar-refractivity contribution is 5.34. The highest BCUT2D eigenvalue weighted by Crippen LogP contribution is 2.38. The van der Waals surface area contributed by atoms with E-state index >= 15 is 0 Å². The highest BCUT2D eigenvalue weighted by Gasteiger charge is 2.35. The lowest BCUT2D eigenvalue weighted by atomic mass is 9.78. The molecule has 78 valence electrons. The van der Waals surface area contributed by atoms with Crippen LogP contribution in [-0.4, -0.2) is 13.1 Å². The number of nitrogens with one attached hydrogen (secondary N) is 1. The minimum atomic E-state index is 0.314. The zero-order valence-corrected chi connectivity index (χ0v) is 9.25. The van der Waals surface area contributed by atoms with Crippen molar-refractivity contribution in [2.75, 3.05) is 13.1 Å². The second-order valence-electron chi connectivity index (χ2n) is 4.91. The molecule has 1 aromatic rings. The fraction of sp³-hybridized carbons (Fsp3) is 0.462. The summed E-state index contributed by atoms with van der Waals surface area (Å²) in [6.07, 6.45) is 0. The van der Waals surface area contributed by atoms with Gasteiger partial charge in [0.1, 0.15) is 0 Å². The Balaban J connectivity index is 2.27. The number of hydrogen-bond donors (Lipinski definition) is 1. The number of hydrogen-bond acceptors (Lipinski definition) is 2. The van der Waals surface area contributed by atoms with Crippen molar-refractivity contribution in [1.82, 2.24) is 5.32 Å². The Kier molecular flexibility index (Phi) is 2.50. The van der Waals surface area contributed by atoms with Crippen molar-refractivity contribution >= 4 is 0 Å². The van der Waals surface area contributed by atoms with Crippen LogP contribution in [0.2, 0.25) is 0 Å². The number of rotatable bonds is 1. The molecule has 1 fully saturated rings. The molecule has 0 aliphatic carbocycles. The van der Waals surface area contributed by atoms with Crippen LogP contribution >= 0.6 is 0 Å². The SMILES string of the molecule is CC1(C)CNCC1c1ccc(C#N)cc1. The number of nitrogens with zero attached hydrogens (tertiary/aromatic N) is 1. The summed E-state index contributed by atoms with van der Waals surface area (Å²) in [6.45, 7) is 6.68. The minimum Gasteiger partial charge on any atom is -0.316 e. The lowest BCUT2D eigenvalue weighted by molar-refractivity contribution is 0.363. The first-order chi connectivity index (χ1) is 7.13. The van der Waals surface area contributed by atoms with E-state index < -0.39 is 0 Å². The molecule has 2 heteroatoms. The van der Waals surface area contributed by atoms with E-state index in [0.29, 0.717) is 11.3 Å². The summed E-state index contributed by atoms with van der Waals surface area (Å²) >= 11 is 0. The molecule has 0 radical (unpaired) electrons. The largest absolute Gasteiger partial charge is 0.316 e. The fourth-order valence-corrected chi connectivity index (χ4v) is 2.30. The molecule has 1 heterocycles. The first-order valence-electron chi connectivity index (χ1n) is 5.34. The van der Waals surface area contributed by atoms with Gasteiger partial charge in [-0.05, 0) is 23.1 Å². The number of nitriles is 1. The summed E-state index contributed by atoms with van der Waals surface area (Å²) < 4.78 is 0. The molecule has 0 saturated carbocycles. The maximum atomic E-state index is 8.73. The lowest BCUT2D eigenvalue weighted by Gasteiger charge is -2.26. The van der Waals surface area contributed by atoms with E-state index in [1.165, 1.54) is 5.56 Å². The molecule has 1 N–H and O–H groups in total. The van der Waals surface area contributed by atoms with Crippen LogP contribution < -0.4 is 5.32 Å². The average molecular weight is 200 g/mol. The maximum absolute atomic E-state index is 8.73. The predicted octanol–water partition coefficient (Wildman–Crippen LogP) is 2.27. The van der Waals surface area contributed by atoms with Gasteiger partial charge in [-0.2, -0.15) is 5.26 Å². The summed E-state index contributed by atoms with van der Waals surface area (Å²) in [5, 5.41) is 12.2. The van der Waals surface area contributed by atoms with Gasteiger partial charge in [0.2, 0.25) is 0 Å². The van der Waals surface area contributed by atoms with E-state index in [1.807, 2.05) is 12.1 Å². The summed E-state index contributed by atoms with van der Waals surface area (Å²) in [7, 11) is 0. The van der Waals surface area contributed by atoms with Crippen molar-refractivity contribution in [3.63, 3.8) is 0 Å². The molecule has 15 heavy (non-hydrogen) atoms. The van der Waals surface area contributed by atoms with Crippen LogP contribution in [0.5, 0.6) is 0 Å². The summed E-state index contributed by atoms with van der Waals surface area (Å²) in [6, 6.07) is 10.1. The third-order valence-electron chi connectivity index (χ3n) is 3.31. The van der Waals surface area contributed by atoms with E-state index in [1.54, 1.807) is 0 Å². The molecule has 0 bridgehead atoms. The average Bonchev–Trinajstić information content (AvgIpc) is 2.58. The van der Waals surface area contributed by atoms with Gasteiger partial charge in [-0.1, -0.05) is 26.0 Å². The summed E-state index contributed by atoms with van der Waals surface area (Å²) in [4.78, 5) is 0. The molecule has 1 saturated heterocycles. The Bertz CT molecular complexity index is 384. The third kappa shape index (κ3) is 1.88. The molecule has 1 aliphatic heterocycles. The van der Waals surface area contributed by atoms with Crippen LogP contribution in [0.3, 0.4) is 0 Å². The molecular weight excluding hydrogens is 184 g/mol. The Morgan fingerprint density at radius 1 is 1.33 bits per heavy atom. The van der Waals surface area contributed by atoms with Gasteiger partial charge in [0, 0.05) is 19.0 Å². The monoisotopic (exact) mass is 200 g/mol. The Morgan fingerprint density at radius 3 is 2.47 bits per heavy atom. The molecule has 1 atom stereocenters. The van der Waals surface area contributed by atoms with E-state index in [-0.39, 0.29) is 0 Å². The molecule has 0 amide bonds. The lowest BCUT2D eigenvalue weighted by Crippen LogP contribution is -2.20. The van der Waals surface area contributed by atoms with Crippen molar-refractivity contribution in [3.8, 4) is 6.07 Å². The normalized spacial score (nSPS) is 23.7. The van der Waals surface area contributed by atoms with Gasteiger partial charge in [-0.3, -0.25) is 0 Å². The Hall–Kier alpha value is -1.33. The van der Waals surface area contributed by atoms with Crippen LogP contribution in [0, 0.1) is 16.7 Å². The molecule has 2 nitrogen and oxygen atoms in total. The Labute approximate surface area is 90.9 Å². The van der Waals surface area contributed by atoms with Crippen LogP contribution in [0.1, 0.15) is 30.9 Å². The van der Waals surface area contributed by atoms with Gasteiger partial charge in [-0.15, -0.1) is 0 Å². The van der Waals surface area contributed by atoms with Crippen LogP contribution in [0.25, 0.3) is 0 Å². The molecule has 2 rings (SSSR count). The number of benzene rings is 1. The van der Waals surface area contributed by atoms with Crippen LogP contribution in [-0.2, 0) is 0 Å². The first kappa shape index (κ1) is 10.2. The van der Waals surface area contributed by atoms with E-state index in [2.05, 4.69) is 37.4 Å². The molecule has 1 aliphatic rings. The van der Waals surface area contributed by atoms with Gasteiger partial charge in [0.15, 0.2) is 0 Å². The van der Waals surface area contributed by atoms with Crippen molar-refractivity contribution in [1.29, 1.82) is 5.26 Å². The molecule has 1 unspecified atom stereocenters. The van der Waals surface area contributed by atoms with E-state index in [0.717, 1.165) is 18.7 Å². The third-order valence-corrected chi connectivity index (χ3v) is 3.31. The maximum Gasteiger partial charge on any atom is 0.0991 e. The molecule has 1 aromatic carbocycles. The predicted molar refractivity (Wildman–Crippen MR) is 60.5 cm³/mol. The first-order valence-corrected chi connectivity index (χ1v) is 5.34.